The van der Waals surface area contributed by atoms with E-state index in [9.17, 15) is 4.39 Å². The van der Waals surface area contributed by atoms with Crippen LogP contribution in [0.1, 0.15) is 19.3 Å². The molecule has 2 N–H and O–H groups in total. The SMILES string of the molecule is NCCCCCOCCF. The van der Waals surface area contributed by atoms with Gasteiger partial charge in [0.2, 0.25) is 0 Å². The number of nitrogens with two attached hydrogens (primary N) is 1. The van der Waals surface area contributed by atoms with Crippen molar-refractivity contribution in [2.75, 3.05) is 26.4 Å². The standard InChI is InChI=1S/C7H16FNO/c8-4-7-10-6-3-1-2-5-9/h1-7,9H2. The van der Waals surface area contributed by atoms with Gasteiger partial charge >= 0.3 is 0 Å². The molecule has 0 rings (SSSR count). The zero-order valence-electron chi connectivity index (χ0n) is 6.31. The molecule has 0 aliphatic rings. The van der Waals surface area contributed by atoms with Crippen LogP contribution in [0.2, 0.25) is 0 Å². The van der Waals surface area contributed by atoms with Crippen LogP contribution in [0, 0.1) is 0 Å². The summed E-state index contributed by atoms with van der Waals surface area (Å²) >= 11 is 0. The quantitative estimate of drug-likeness (QED) is 0.550. The summed E-state index contributed by atoms with van der Waals surface area (Å²) in [6.07, 6.45) is 3.12. The lowest BCUT2D eigenvalue weighted by Gasteiger charge is -1.99. The monoisotopic (exact) mass is 149 g/mol. The van der Waals surface area contributed by atoms with Gasteiger partial charge in [0.1, 0.15) is 6.67 Å². The van der Waals surface area contributed by atoms with E-state index >= 15 is 0 Å². The molecule has 62 valence electrons. The molecule has 0 atom stereocenters. The molecule has 0 radical (unpaired) electrons. The zero-order chi connectivity index (χ0) is 7.66. The van der Waals surface area contributed by atoms with Crippen LogP contribution < -0.4 is 5.73 Å². The lowest BCUT2D eigenvalue weighted by atomic mass is 10.2. The zero-order valence-corrected chi connectivity index (χ0v) is 6.31. The Kier molecular flexibility index (Phi) is 8.72. The first-order chi connectivity index (χ1) is 4.91. The number of halogens is 1. The molecule has 0 fully saturated rings. The smallest absolute Gasteiger partial charge is 0.113 e. The highest BCUT2D eigenvalue weighted by atomic mass is 19.1. The summed E-state index contributed by atoms with van der Waals surface area (Å²) < 4.78 is 16.3. The van der Waals surface area contributed by atoms with Crippen LogP contribution in [0.3, 0.4) is 0 Å². The van der Waals surface area contributed by atoms with E-state index in [-0.39, 0.29) is 13.3 Å². The largest absolute Gasteiger partial charge is 0.379 e. The minimum Gasteiger partial charge on any atom is -0.379 e. The van der Waals surface area contributed by atoms with Crippen molar-refractivity contribution in [3.63, 3.8) is 0 Å². The van der Waals surface area contributed by atoms with Crippen LogP contribution in [0.5, 0.6) is 0 Å². The fourth-order valence-electron chi connectivity index (χ4n) is 0.682. The van der Waals surface area contributed by atoms with Crippen LogP contribution in [-0.2, 0) is 4.74 Å². The molecule has 0 unspecified atom stereocenters. The topological polar surface area (TPSA) is 35.2 Å². The molecule has 0 bridgehead atoms. The van der Waals surface area contributed by atoms with Crippen molar-refractivity contribution >= 4 is 0 Å². The summed E-state index contributed by atoms with van der Waals surface area (Å²) in [6, 6.07) is 0. The van der Waals surface area contributed by atoms with Gasteiger partial charge in [0.05, 0.1) is 6.61 Å². The van der Waals surface area contributed by atoms with Crippen molar-refractivity contribution < 1.29 is 9.13 Å². The minimum atomic E-state index is -0.378. The highest BCUT2D eigenvalue weighted by Gasteiger charge is 1.87. The van der Waals surface area contributed by atoms with Gasteiger partial charge in [0.15, 0.2) is 0 Å². The maximum Gasteiger partial charge on any atom is 0.113 e. The van der Waals surface area contributed by atoms with Crippen molar-refractivity contribution in [3.05, 3.63) is 0 Å². The summed E-state index contributed by atoms with van der Waals surface area (Å²) in [7, 11) is 0. The molecule has 0 aromatic carbocycles. The summed E-state index contributed by atoms with van der Waals surface area (Å²) in [4.78, 5) is 0. The second-order valence-electron chi connectivity index (χ2n) is 2.15. The number of hydrogen-bond acceptors (Lipinski definition) is 2. The molecule has 0 amide bonds. The highest BCUT2D eigenvalue weighted by molar-refractivity contribution is 4.41. The fraction of sp³-hybridized carbons (Fsp3) is 1.00. The Morgan fingerprint density at radius 3 is 2.50 bits per heavy atom. The van der Waals surface area contributed by atoms with Gasteiger partial charge in [-0.3, -0.25) is 0 Å². The predicted molar refractivity (Wildman–Crippen MR) is 39.7 cm³/mol. The van der Waals surface area contributed by atoms with Crippen LogP contribution in [0.25, 0.3) is 0 Å². The normalized spacial score (nSPS) is 10.2. The van der Waals surface area contributed by atoms with E-state index in [1.807, 2.05) is 0 Å². The average molecular weight is 149 g/mol. The first kappa shape index (κ1) is 9.85. The van der Waals surface area contributed by atoms with E-state index in [2.05, 4.69) is 0 Å². The van der Waals surface area contributed by atoms with Gasteiger partial charge in [-0.25, -0.2) is 4.39 Å². The number of rotatable bonds is 7. The summed E-state index contributed by atoms with van der Waals surface area (Å²) in [5.74, 6) is 0. The molecule has 0 heterocycles. The Labute approximate surface area is 61.5 Å². The lowest BCUT2D eigenvalue weighted by molar-refractivity contribution is 0.115. The second-order valence-corrected chi connectivity index (χ2v) is 2.15. The van der Waals surface area contributed by atoms with Crippen LogP contribution in [0.4, 0.5) is 4.39 Å². The maximum absolute atomic E-state index is 11.4. The van der Waals surface area contributed by atoms with Crippen LogP contribution in [-0.4, -0.2) is 26.4 Å². The van der Waals surface area contributed by atoms with Crippen molar-refractivity contribution in [3.8, 4) is 0 Å². The lowest BCUT2D eigenvalue weighted by Crippen LogP contribution is -2.01. The van der Waals surface area contributed by atoms with Gasteiger partial charge < -0.3 is 10.5 Å². The predicted octanol–water partition coefficient (Wildman–Crippen LogP) is 1.10. The molecule has 0 aromatic heterocycles. The molecule has 0 aliphatic carbocycles. The number of unbranched alkanes of at least 4 members (excludes halogenated alkanes) is 2. The highest BCUT2D eigenvalue weighted by Crippen LogP contribution is 1.93. The fourth-order valence-corrected chi connectivity index (χ4v) is 0.682. The number of alkyl halides is 1. The van der Waals surface area contributed by atoms with Crippen LogP contribution >= 0.6 is 0 Å². The van der Waals surface area contributed by atoms with Gasteiger partial charge in [0, 0.05) is 6.61 Å². The molecule has 0 aromatic rings. The number of ether oxygens (including phenoxy) is 1. The Bertz CT molecular complexity index is 53.6. The van der Waals surface area contributed by atoms with Crippen LogP contribution in [0.15, 0.2) is 0 Å². The summed E-state index contributed by atoms with van der Waals surface area (Å²) in [5, 5.41) is 0. The Balaban J connectivity index is 2.65. The van der Waals surface area contributed by atoms with Gasteiger partial charge in [-0.05, 0) is 25.8 Å². The van der Waals surface area contributed by atoms with Gasteiger partial charge in [-0.1, -0.05) is 0 Å². The average Bonchev–Trinajstić information content (AvgIpc) is 1.97. The maximum atomic E-state index is 11.4. The number of hydrogen-bond donors (Lipinski definition) is 1. The van der Waals surface area contributed by atoms with E-state index in [1.165, 1.54) is 0 Å². The van der Waals surface area contributed by atoms with E-state index in [0.717, 1.165) is 25.8 Å². The molecule has 3 heteroatoms. The Morgan fingerprint density at radius 2 is 1.90 bits per heavy atom. The van der Waals surface area contributed by atoms with Crippen molar-refractivity contribution in [2.24, 2.45) is 5.73 Å². The third-order valence-corrected chi connectivity index (χ3v) is 1.21. The third kappa shape index (κ3) is 7.85. The van der Waals surface area contributed by atoms with Crippen molar-refractivity contribution in [1.29, 1.82) is 0 Å². The van der Waals surface area contributed by atoms with E-state index in [4.69, 9.17) is 10.5 Å². The molecule has 0 saturated heterocycles. The molecule has 0 spiro atoms. The van der Waals surface area contributed by atoms with Gasteiger partial charge in [-0.2, -0.15) is 0 Å². The minimum absolute atomic E-state index is 0.239. The first-order valence-electron chi connectivity index (χ1n) is 3.75. The molecule has 0 saturated carbocycles. The van der Waals surface area contributed by atoms with Gasteiger partial charge in [-0.15, -0.1) is 0 Å². The van der Waals surface area contributed by atoms with Crippen molar-refractivity contribution in [2.45, 2.75) is 19.3 Å². The van der Waals surface area contributed by atoms with Crippen molar-refractivity contribution in [1.82, 2.24) is 0 Å². The van der Waals surface area contributed by atoms with E-state index in [1.54, 1.807) is 0 Å². The third-order valence-electron chi connectivity index (χ3n) is 1.21. The van der Waals surface area contributed by atoms with E-state index in [0.29, 0.717) is 6.61 Å². The Hall–Kier alpha value is -0.150. The van der Waals surface area contributed by atoms with Gasteiger partial charge in [0.25, 0.3) is 0 Å². The molecule has 2 nitrogen and oxygen atoms in total. The molecular formula is C7H16FNO. The summed E-state index contributed by atoms with van der Waals surface area (Å²) in [5.41, 5.74) is 5.27. The molecular weight excluding hydrogens is 133 g/mol. The molecule has 10 heavy (non-hydrogen) atoms. The second kappa shape index (κ2) is 8.85. The summed E-state index contributed by atoms with van der Waals surface area (Å²) in [6.45, 7) is 1.27. The first-order valence-corrected chi connectivity index (χ1v) is 3.75. The Morgan fingerprint density at radius 1 is 1.10 bits per heavy atom. The molecule has 0 aliphatic heterocycles. The van der Waals surface area contributed by atoms with E-state index < -0.39 is 0 Å².